The molecule has 0 bridgehead atoms. The fourth-order valence-electron chi connectivity index (χ4n) is 0.793. The van der Waals surface area contributed by atoms with E-state index in [9.17, 15) is 18.0 Å². The molecule has 0 amide bonds. The van der Waals surface area contributed by atoms with Crippen molar-refractivity contribution in [2.45, 2.75) is 5.38 Å². The van der Waals surface area contributed by atoms with Gasteiger partial charge in [0.2, 0.25) is 5.78 Å². The SMILES string of the molecule is O=C(c1cccc(F)c1)C(F)(F)Cl. The number of carbonyl (C=O) groups is 1. The van der Waals surface area contributed by atoms with E-state index >= 15 is 0 Å². The summed E-state index contributed by atoms with van der Waals surface area (Å²) in [7, 11) is 0. The topological polar surface area (TPSA) is 17.1 Å². The summed E-state index contributed by atoms with van der Waals surface area (Å²) >= 11 is 4.47. The maximum atomic E-state index is 12.5. The van der Waals surface area contributed by atoms with Crippen LogP contribution >= 0.6 is 11.6 Å². The van der Waals surface area contributed by atoms with E-state index in [-0.39, 0.29) is 0 Å². The minimum atomic E-state index is -3.98. The largest absolute Gasteiger partial charge is 0.384 e. The molecule has 0 aromatic heterocycles. The van der Waals surface area contributed by atoms with Gasteiger partial charge in [-0.05, 0) is 23.7 Å². The molecular formula is C8H4ClF3O. The number of ketones is 1. The van der Waals surface area contributed by atoms with Gasteiger partial charge in [-0.25, -0.2) is 4.39 Å². The minimum Gasteiger partial charge on any atom is -0.286 e. The van der Waals surface area contributed by atoms with E-state index in [0.717, 1.165) is 18.2 Å². The van der Waals surface area contributed by atoms with Crippen molar-refractivity contribution in [3.63, 3.8) is 0 Å². The molecule has 1 aromatic rings. The van der Waals surface area contributed by atoms with Crippen molar-refractivity contribution < 1.29 is 18.0 Å². The molecule has 0 saturated carbocycles. The Hall–Kier alpha value is -1.03. The van der Waals surface area contributed by atoms with Gasteiger partial charge in [0.05, 0.1) is 0 Å². The van der Waals surface area contributed by atoms with E-state index < -0.39 is 22.5 Å². The third kappa shape index (κ3) is 2.45. The average molecular weight is 209 g/mol. The molecule has 0 aliphatic carbocycles. The fraction of sp³-hybridized carbons (Fsp3) is 0.125. The molecule has 0 unspecified atom stereocenters. The van der Waals surface area contributed by atoms with E-state index in [1.54, 1.807) is 0 Å². The summed E-state index contributed by atoms with van der Waals surface area (Å²) in [5, 5.41) is -3.98. The molecule has 1 nitrogen and oxygen atoms in total. The van der Waals surface area contributed by atoms with Gasteiger partial charge in [0.15, 0.2) is 0 Å². The molecule has 0 N–H and O–H groups in total. The first kappa shape index (κ1) is 10.1. The Morgan fingerprint density at radius 1 is 1.38 bits per heavy atom. The van der Waals surface area contributed by atoms with Gasteiger partial charge in [0, 0.05) is 5.56 Å². The molecule has 0 aliphatic rings. The van der Waals surface area contributed by atoms with Crippen molar-refractivity contribution in [2.24, 2.45) is 0 Å². The number of hydrogen-bond acceptors (Lipinski definition) is 1. The van der Waals surface area contributed by atoms with Crippen LogP contribution in [0.5, 0.6) is 0 Å². The van der Waals surface area contributed by atoms with Crippen LogP contribution in [0.1, 0.15) is 10.4 Å². The smallest absolute Gasteiger partial charge is 0.286 e. The first-order chi connectivity index (χ1) is 5.91. The van der Waals surface area contributed by atoms with Gasteiger partial charge >= 0.3 is 5.38 Å². The highest BCUT2D eigenvalue weighted by Gasteiger charge is 2.36. The normalized spacial score (nSPS) is 11.4. The Kier molecular flexibility index (Phi) is 2.61. The summed E-state index contributed by atoms with van der Waals surface area (Å²) in [6.07, 6.45) is 0. The second-order valence-corrected chi connectivity index (χ2v) is 2.81. The zero-order chi connectivity index (χ0) is 10.1. The number of alkyl halides is 3. The van der Waals surface area contributed by atoms with Gasteiger partial charge in [-0.3, -0.25) is 4.79 Å². The minimum absolute atomic E-state index is 0.444. The Morgan fingerprint density at radius 3 is 2.46 bits per heavy atom. The number of hydrogen-bond donors (Lipinski definition) is 0. The number of Topliss-reactive ketones (excluding diaryl/α,β-unsaturated/α-hetero) is 1. The highest BCUT2D eigenvalue weighted by molar-refractivity contribution is 6.35. The standard InChI is InChI=1S/C8H4ClF3O/c9-8(11,12)7(13)5-2-1-3-6(10)4-5/h1-4H. The lowest BCUT2D eigenvalue weighted by Gasteiger charge is -2.05. The molecule has 0 heterocycles. The Bertz CT molecular complexity index is 332. The lowest BCUT2D eigenvalue weighted by Crippen LogP contribution is -2.21. The monoisotopic (exact) mass is 208 g/mol. The highest BCUT2D eigenvalue weighted by Crippen LogP contribution is 2.24. The van der Waals surface area contributed by atoms with Crippen LogP contribution in [0, 0.1) is 5.82 Å². The summed E-state index contributed by atoms with van der Waals surface area (Å²) in [6, 6.07) is 3.98. The van der Waals surface area contributed by atoms with Gasteiger partial charge in [-0.15, -0.1) is 0 Å². The summed E-state index contributed by atoms with van der Waals surface area (Å²) in [4.78, 5) is 10.8. The van der Waals surface area contributed by atoms with Gasteiger partial charge in [-0.2, -0.15) is 8.78 Å². The van der Waals surface area contributed by atoms with E-state index in [4.69, 9.17) is 0 Å². The molecule has 0 fully saturated rings. The van der Waals surface area contributed by atoms with Crippen molar-refractivity contribution >= 4 is 17.4 Å². The van der Waals surface area contributed by atoms with Crippen LogP contribution < -0.4 is 0 Å². The molecule has 1 rings (SSSR count). The van der Waals surface area contributed by atoms with Gasteiger partial charge in [0.1, 0.15) is 5.82 Å². The summed E-state index contributed by atoms with van der Waals surface area (Å²) < 4.78 is 36.9. The molecule has 0 atom stereocenters. The Morgan fingerprint density at radius 2 is 2.00 bits per heavy atom. The summed E-state index contributed by atoms with van der Waals surface area (Å²) in [6.45, 7) is 0. The number of halogens is 4. The maximum Gasteiger partial charge on any atom is 0.384 e. The first-order valence-electron chi connectivity index (χ1n) is 3.28. The number of rotatable bonds is 2. The molecule has 13 heavy (non-hydrogen) atoms. The number of carbonyl (C=O) groups excluding carboxylic acids is 1. The van der Waals surface area contributed by atoms with Crippen LogP contribution in [-0.2, 0) is 0 Å². The van der Waals surface area contributed by atoms with Crippen LogP contribution in [0.25, 0.3) is 0 Å². The Balaban J connectivity index is 3.03. The summed E-state index contributed by atoms with van der Waals surface area (Å²) in [5.41, 5.74) is -0.444. The maximum absolute atomic E-state index is 12.5. The zero-order valence-corrected chi connectivity index (χ0v) is 6.99. The van der Waals surface area contributed by atoms with E-state index in [2.05, 4.69) is 11.6 Å². The highest BCUT2D eigenvalue weighted by atomic mass is 35.5. The van der Waals surface area contributed by atoms with Crippen molar-refractivity contribution in [2.75, 3.05) is 0 Å². The molecule has 0 aliphatic heterocycles. The van der Waals surface area contributed by atoms with Crippen molar-refractivity contribution in [3.8, 4) is 0 Å². The van der Waals surface area contributed by atoms with E-state index in [1.165, 1.54) is 0 Å². The lowest BCUT2D eigenvalue weighted by atomic mass is 10.1. The van der Waals surface area contributed by atoms with Crippen LogP contribution in [0.2, 0.25) is 0 Å². The van der Waals surface area contributed by atoms with E-state index in [1.807, 2.05) is 0 Å². The van der Waals surface area contributed by atoms with Gasteiger partial charge < -0.3 is 0 Å². The molecule has 70 valence electrons. The van der Waals surface area contributed by atoms with Crippen molar-refractivity contribution in [1.29, 1.82) is 0 Å². The zero-order valence-electron chi connectivity index (χ0n) is 6.23. The predicted octanol–water partition coefficient (Wildman–Crippen LogP) is 2.84. The van der Waals surface area contributed by atoms with Crippen molar-refractivity contribution in [3.05, 3.63) is 35.6 Å². The van der Waals surface area contributed by atoms with Gasteiger partial charge in [-0.1, -0.05) is 12.1 Å². The van der Waals surface area contributed by atoms with E-state index in [0.29, 0.717) is 6.07 Å². The van der Waals surface area contributed by atoms with Crippen LogP contribution in [0.15, 0.2) is 24.3 Å². The summed E-state index contributed by atoms with van der Waals surface area (Å²) in [5.74, 6) is -2.36. The van der Waals surface area contributed by atoms with Crippen LogP contribution in [0.3, 0.4) is 0 Å². The lowest BCUT2D eigenvalue weighted by molar-refractivity contribution is 0.0536. The van der Waals surface area contributed by atoms with Crippen LogP contribution in [0.4, 0.5) is 13.2 Å². The molecule has 0 saturated heterocycles. The molecule has 1 aromatic carbocycles. The average Bonchev–Trinajstić information content (AvgIpc) is 2.01. The second-order valence-electron chi connectivity index (χ2n) is 2.34. The third-order valence-corrected chi connectivity index (χ3v) is 1.52. The molecular weight excluding hydrogens is 205 g/mol. The third-order valence-electron chi connectivity index (χ3n) is 1.34. The van der Waals surface area contributed by atoms with Crippen LogP contribution in [-0.4, -0.2) is 11.2 Å². The Labute approximate surface area is 77.1 Å². The number of benzene rings is 1. The molecule has 5 heteroatoms. The molecule has 0 spiro atoms. The fourth-order valence-corrected chi connectivity index (χ4v) is 0.902. The van der Waals surface area contributed by atoms with Crippen molar-refractivity contribution in [1.82, 2.24) is 0 Å². The van der Waals surface area contributed by atoms with Gasteiger partial charge in [0.25, 0.3) is 0 Å². The second kappa shape index (κ2) is 3.38. The quantitative estimate of drug-likeness (QED) is 0.540. The molecule has 0 radical (unpaired) electrons. The predicted molar refractivity (Wildman–Crippen MR) is 41.5 cm³/mol. The first-order valence-corrected chi connectivity index (χ1v) is 3.66.